The van der Waals surface area contributed by atoms with E-state index in [4.69, 9.17) is 9.47 Å². The number of H-pyrrole nitrogens is 1. The Labute approximate surface area is 192 Å². The quantitative estimate of drug-likeness (QED) is 0.470. The van der Waals surface area contributed by atoms with E-state index in [0.29, 0.717) is 6.61 Å². The molecule has 0 aliphatic carbocycles. The summed E-state index contributed by atoms with van der Waals surface area (Å²) in [6.45, 7) is 2.85. The number of methoxy groups -OCH3 is 1. The van der Waals surface area contributed by atoms with Crippen molar-refractivity contribution in [3.63, 3.8) is 0 Å². The predicted molar refractivity (Wildman–Crippen MR) is 125 cm³/mol. The van der Waals surface area contributed by atoms with Crippen molar-refractivity contribution in [3.8, 4) is 22.8 Å². The number of aromatic amines is 1. The van der Waals surface area contributed by atoms with E-state index < -0.39 is 6.10 Å². The van der Waals surface area contributed by atoms with E-state index in [9.17, 15) is 5.11 Å². The minimum absolute atomic E-state index is 0.604. The molecule has 33 heavy (non-hydrogen) atoms. The van der Waals surface area contributed by atoms with Crippen LogP contribution in [0.5, 0.6) is 11.5 Å². The fraction of sp³-hybridized carbons (Fsp3) is 0.231. The van der Waals surface area contributed by atoms with Crippen molar-refractivity contribution in [3.05, 3.63) is 95.4 Å². The van der Waals surface area contributed by atoms with Crippen molar-refractivity contribution < 1.29 is 14.6 Å². The zero-order chi connectivity index (χ0) is 22.6. The average Bonchev–Trinajstić information content (AvgIpc) is 3.23. The van der Waals surface area contributed by atoms with Gasteiger partial charge in [-0.2, -0.15) is 5.10 Å². The summed E-state index contributed by atoms with van der Waals surface area (Å²) >= 11 is 0. The van der Waals surface area contributed by atoms with Crippen LogP contribution >= 0.6 is 0 Å². The van der Waals surface area contributed by atoms with Crippen molar-refractivity contribution in [1.29, 1.82) is 0 Å². The van der Waals surface area contributed by atoms with Gasteiger partial charge >= 0.3 is 0 Å². The van der Waals surface area contributed by atoms with Gasteiger partial charge in [0.25, 0.3) is 0 Å². The Morgan fingerprint density at radius 3 is 2.79 bits per heavy atom. The summed E-state index contributed by atoms with van der Waals surface area (Å²) in [6.07, 6.45) is 4.55. The van der Waals surface area contributed by atoms with Crippen LogP contribution in [0.15, 0.2) is 73.2 Å². The van der Waals surface area contributed by atoms with Crippen molar-refractivity contribution in [2.75, 3.05) is 20.3 Å². The van der Waals surface area contributed by atoms with Gasteiger partial charge < -0.3 is 14.6 Å². The van der Waals surface area contributed by atoms with Crippen molar-refractivity contribution >= 4 is 0 Å². The van der Waals surface area contributed by atoms with Crippen LogP contribution < -0.4 is 9.47 Å². The first-order valence-corrected chi connectivity index (χ1v) is 10.9. The highest BCUT2D eigenvalue weighted by atomic mass is 16.5. The third-order valence-electron chi connectivity index (χ3n) is 5.95. The zero-order valence-electron chi connectivity index (χ0n) is 18.4. The lowest BCUT2D eigenvalue weighted by atomic mass is 10.00. The monoisotopic (exact) mass is 442 g/mol. The minimum Gasteiger partial charge on any atom is -0.497 e. The third-order valence-corrected chi connectivity index (χ3v) is 5.95. The fourth-order valence-electron chi connectivity index (χ4n) is 4.18. The molecular formula is C26H26N4O3. The van der Waals surface area contributed by atoms with E-state index in [1.54, 1.807) is 19.5 Å². The number of aliphatic hydroxyl groups excluding tert-OH is 1. The van der Waals surface area contributed by atoms with Gasteiger partial charge in [-0.25, -0.2) is 0 Å². The number of nitrogens with one attached hydrogen (secondary N) is 1. The van der Waals surface area contributed by atoms with E-state index in [-0.39, 0.29) is 0 Å². The number of aliphatic hydroxyl groups is 1. The summed E-state index contributed by atoms with van der Waals surface area (Å²) in [5.41, 5.74) is 5.85. The molecular weight excluding hydrogens is 416 g/mol. The maximum atomic E-state index is 10.8. The lowest BCUT2D eigenvalue weighted by Crippen LogP contribution is -2.25. The second-order valence-electron chi connectivity index (χ2n) is 8.11. The molecule has 0 radical (unpaired) electrons. The van der Waals surface area contributed by atoms with E-state index in [1.807, 2.05) is 60.8 Å². The van der Waals surface area contributed by atoms with Crippen LogP contribution in [-0.4, -0.2) is 45.4 Å². The first-order valence-electron chi connectivity index (χ1n) is 10.9. The van der Waals surface area contributed by atoms with Gasteiger partial charge in [-0.1, -0.05) is 12.1 Å². The molecule has 1 atom stereocenters. The molecule has 2 aromatic carbocycles. The molecule has 168 valence electrons. The Balaban J connectivity index is 1.36. The Hall–Kier alpha value is -3.68. The first kappa shape index (κ1) is 21.2. The molecule has 4 aromatic rings. The van der Waals surface area contributed by atoms with Crippen LogP contribution in [0.4, 0.5) is 0 Å². The van der Waals surface area contributed by atoms with Crippen LogP contribution in [-0.2, 0) is 13.1 Å². The number of hydrogen-bond acceptors (Lipinski definition) is 6. The lowest BCUT2D eigenvalue weighted by Gasteiger charge is -2.20. The van der Waals surface area contributed by atoms with Crippen LogP contribution in [0.2, 0.25) is 0 Å². The molecule has 7 nitrogen and oxygen atoms in total. The SMILES string of the molecule is COc1ccc(-c2[nH]ncc2CN2CCOc3ccc(C(O)c4cccnc4)cc3C2)cc1. The Morgan fingerprint density at radius 1 is 1.12 bits per heavy atom. The van der Waals surface area contributed by atoms with E-state index >= 15 is 0 Å². The molecule has 5 rings (SSSR count). The first-order chi connectivity index (χ1) is 16.2. The largest absolute Gasteiger partial charge is 0.497 e. The van der Waals surface area contributed by atoms with Crippen LogP contribution in [0.1, 0.15) is 28.4 Å². The number of fused-ring (bicyclic) bond motifs is 1. The molecule has 0 spiro atoms. The topological polar surface area (TPSA) is 83.5 Å². The number of benzene rings is 2. The smallest absolute Gasteiger partial charge is 0.123 e. The van der Waals surface area contributed by atoms with E-state index in [0.717, 1.165) is 64.6 Å². The summed E-state index contributed by atoms with van der Waals surface area (Å²) in [7, 11) is 1.66. The molecule has 1 unspecified atom stereocenters. The van der Waals surface area contributed by atoms with E-state index in [2.05, 4.69) is 20.1 Å². The summed E-state index contributed by atoms with van der Waals surface area (Å²) in [5, 5.41) is 18.3. The van der Waals surface area contributed by atoms with Gasteiger partial charge in [0.15, 0.2) is 0 Å². The van der Waals surface area contributed by atoms with Gasteiger partial charge in [0.05, 0.1) is 19.0 Å². The summed E-state index contributed by atoms with van der Waals surface area (Å²) in [5.74, 6) is 1.69. The molecule has 1 aliphatic rings. The molecule has 2 aromatic heterocycles. The van der Waals surface area contributed by atoms with Crippen LogP contribution in [0, 0.1) is 0 Å². The minimum atomic E-state index is -0.726. The van der Waals surface area contributed by atoms with Crippen LogP contribution in [0.25, 0.3) is 11.3 Å². The highest BCUT2D eigenvalue weighted by molar-refractivity contribution is 5.63. The summed E-state index contributed by atoms with van der Waals surface area (Å²) in [6, 6.07) is 17.6. The molecule has 3 heterocycles. The number of hydrogen-bond donors (Lipinski definition) is 2. The average molecular weight is 443 g/mol. The third kappa shape index (κ3) is 4.60. The molecule has 0 amide bonds. The van der Waals surface area contributed by atoms with Crippen molar-refractivity contribution in [2.24, 2.45) is 0 Å². The lowest BCUT2D eigenvalue weighted by molar-refractivity contribution is 0.218. The van der Waals surface area contributed by atoms with Gasteiger partial charge in [0, 0.05) is 54.3 Å². The second kappa shape index (κ2) is 9.44. The highest BCUT2D eigenvalue weighted by Gasteiger charge is 2.20. The van der Waals surface area contributed by atoms with Gasteiger partial charge in [0.2, 0.25) is 0 Å². The number of ether oxygens (including phenoxy) is 2. The second-order valence-corrected chi connectivity index (χ2v) is 8.11. The van der Waals surface area contributed by atoms with Gasteiger partial charge in [-0.3, -0.25) is 15.0 Å². The summed E-state index contributed by atoms with van der Waals surface area (Å²) < 4.78 is 11.3. The Bertz CT molecular complexity index is 1210. The maximum Gasteiger partial charge on any atom is 0.123 e. The molecule has 0 bridgehead atoms. The number of nitrogens with zero attached hydrogens (tertiary/aromatic N) is 3. The van der Waals surface area contributed by atoms with Gasteiger partial charge in [-0.15, -0.1) is 0 Å². The standard InChI is InChI=1S/C26H26N4O3/c1-32-23-7-4-18(5-8-23)25-22(15-28-29-25)17-30-11-12-33-24-9-6-19(13-21(24)16-30)26(31)20-3-2-10-27-14-20/h2-10,13-15,26,31H,11-12,16-17H2,1H3,(H,28,29). The van der Waals surface area contributed by atoms with Crippen LogP contribution in [0.3, 0.4) is 0 Å². The Kier molecular flexibility index (Phi) is 6.06. The molecule has 0 saturated carbocycles. The van der Waals surface area contributed by atoms with Crippen molar-refractivity contribution in [2.45, 2.75) is 19.2 Å². The highest BCUT2D eigenvalue weighted by Crippen LogP contribution is 2.31. The van der Waals surface area contributed by atoms with Gasteiger partial charge in [0.1, 0.15) is 24.2 Å². The number of aromatic nitrogens is 3. The number of pyridine rings is 1. The summed E-state index contributed by atoms with van der Waals surface area (Å²) in [4.78, 5) is 6.46. The molecule has 7 heteroatoms. The molecule has 2 N–H and O–H groups in total. The molecule has 0 fully saturated rings. The Morgan fingerprint density at radius 2 is 2.00 bits per heavy atom. The molecule has 1 aliphatic heterocycles. The fourth-order valence-corrected chi connectivity index (χ4v) is 4.18. The maximum absolute atomic E-state index is 10.8. The number of rotatable bonds is 6. The normalized spacial score (nSPS) is 14.7. The van der Waals surface area contributed by atoms with E-state index in [1.165, 1.54) is 0 Å². The van der Waals surface area contributed by atoms with Crippen molar-refractivity contribution in [1.82, 2.24) is 20.1 Å². The zero-order valence-corrected chi connectivity index (χ0v) is 18.4. The molecule has 0 saturated heterocycles. The predicted octanol–water partition coefficient (Wildman–Crippen LogP) is 3.96. The van der Waals surface area contributed by atoms with Gasteiger partial charge in [-0.05, 0) is 48.0 Å².